The van der Waals surface area contributed by atoms with Gasteiger partial charge < -0.3 is 5.32 Å². The number of hydrogen-bond donors (Lipinski definition) is 1. The maximum Gasteiger partial charge on any atom is 0.223 e. The summed E-state index contributed by atoms with van der Waals surface area (Å²) >= 11 is 3.47. The van der Waals surface area contributed by atoms with E-state index in [1.165, 1.54) is 0 Å². The first-order chi connectivity index (χ1) is 10.7. The second-order valence-electron chi connectivity index (χ2n) is 5.73. The van der Waals surface area contributed by atoms with Crippen molar-refractivity contribution in [1.82, 2.24) is 15.1 Å². The van der Waals surface area contributed by atoms with Crippen LogP contribution in [0.1, 0.15) is 32.2 Å². The number of nitrogens with one attached hydrogen (secondary N) is 1. The number of aromatic nitrogens is 2. The molecule has 1 aromatic heterocycles. The Morgan fingerprint density at radius 1 is 1.32 bits per heavy atom. The fourth-order valence-corrected chi connectivity index (χ4v) is 3.46. The highest BCUT2D eigenvalue weighted by Gasteiger charge is 2.31. The number of nitrogens with zero attached hydrogens (tertiary/aromatic N) is 2. The molecule has 1 fully saturated rings. The molecule has 4 nitrogen and oxygen atoms in total. The van der Waals surface area contributed by atoms with Crippen LogP contribution in [0.2, 0.25) is 0 Å². The maximum absolute atomic E-state index is 12.0. The van der Waals surface area contributed by atoms with Gasteiger partial charge in [-0.2, -0.15) is 5.10 Å². The van der Waals surface area contributed by atoms with E-state index in [1.54, 1.807) is 0 Å². The van der Waals surface area contributed by atoms with Crippen LogP contribution < -0.4 is 5.32 Å². The zero-order valence-electron chi connectivity index (χ0n) is 12.6. The Kier molecular flexibility index (Phi) is 4.62. The van der Waals surface area contributed by atoms with Crippen LogP contribution in [-0.4, -0.2) is 22.2 Å². The van der Waals surface area contributed by atoms with Gasteiger partial charge in [0.05, 0.1) is 11.7 Å². The van der Waals surface area contributed by atoms with E-state index in [2.05, 4.69) is 43.2 Å². The number of hydrogen-bond acceptors (Lipinski definition) is 2. The number of rotatable bonds is 4. The Hall–Kier alpha value is -1.62. The SMILES string of the molecule is CCNC(=O)C1CCC(n2nccc2-c2ccc(Br)cc2)C1. The average Bonchev–Trinajstić information content (AvgIpc) is 3.17. The lowest BCUT2D eigenvalue weighted by Crippen LogP contribution is -2.29. The van der Waals surface area contributed by atoms with Gasteiger partial charge in [0.15, 0.2) is 0 Å². The van der Waals surface area contributed by atoms with Crippen LogP contribution in [0, 0.1) is 5.92 Å². The van der Waals surface area contributed by atoms with E-state index in [0.29, 0.717) is 12.6 Å². The van der Waals surface area contributed by atoms with Crippen molar-refractivity contribution < 1.29 is 4.79 Å². The first-order valence-corrected chi connectivity index (χ1v) is 8.55. The van der Waals surface area contributed by atoms with Gasteiger partial charge in [0.25, 0.3) is 0 Å². The van der Waals surface area contributed by atoms with Crippen molar-refractivity contribution in [1.29, 1.82) is 0 Å². The largest absolute Gasteiger partial charge is 0.356 e. The summed E-state index contributed by atoms with van der Waals surface area (Å²) in [5, 5.41) is 7.44. The summed E-state index contributed by atoms with van der Waals surface area (Å²) in [6.45, 7) is 2.66. The lowest BCUT2D eigenvalue weighted by Gasteiger charge is -2.15. The Labute approximate surface area is 139 Å². The quantitative estimate of drug-likeness (QED) is 0.900. The molecule has 0 saturated heterocycles. The fourth-order valence-electron chi connectivity index (χ4n) is 3.19. The molecule has 1 saturated carbocycles. The van der Waals surface area contributed by atoms with Crippen LogP contribution in [0.4, 0.5) is 0 Å². The molecule has 1 heterocycles. The van der Waals surface area contributed by atoms with Crippen molar-refractivity contribution in [3.63, 3.8) is 0 Å². The van der Waals surface area contributed by atoms with Gasteiger partial charge >= 0.3 is 0 Å². The van der Waals surface area contributed by atoms with Crippen LogP contribution in [0.3, 0.4) is 0 Å². The molecule has 5 heteroatoms. The van der Waals surface area contributed by atoms with Crippen molar-refractivity contribution in [2.75, 3.05) is 6.54 Å². The van der Waals surface area contributed by atoms with E-state index < -0.39 is 0 Å². The molecular formula is C17H20BrN3O. The molecule has 1 N–H and O–H groups in total. The highest BCUT2D eigenvalue weighted by atomic mass is 79.9. The monoisotopic (exact) mass is 361 g/mol. The molecule has 2 unspecified atom stereocenters. The van der Waals surface area contributed by atoms with Gasteiger partial charge in [-0.3, -0.25) is 9.48 Å². The van der Waals surface area contributed by atoms with E-state index in [1.807, 2.05) is 31.3 Å². The molecule has 1 aliphatic rings. The molecule has 2 aromatic rings. The van der Waals surface area contributed by atoms with Crippen LogP contribution >= 0.6 is 15.9 Å². The van der Waals surface area contributed by atoms with Crippen molar-refractivity contribution in [2.24, 2.45) is 5.92 Å². The molecular weight excluding hydrogens is 342 g/mol. The number of halogens is 1. The molecule has 0 bridgehead atoms. The van der Waals surface area contributed by atoms with Gasteiger partial charge in [-0.1, -0.05) is 28.1 Å². The van der Waals surface area contributed by atoms with Gasteiger partial charge in [-0.05, 0) is 49.9 Å². The number of carbonyl (C=O) groups is 1. The molecule has 0 radical (unpaired) electrons. The van der Waals surface area contributed by atoms with Gasteiger partial charge in [0.1, 0.15) is 0 Å². The molecule has 1 amide bonds. The zero-order chi connectivity index (χ0) is 15.5. The predicted octanol–water partition coefficient (Wildman–Crippen LogP) is 3.79. The predicted molar refractivity (Wildman–Crippen MR) is 90.4 cm³/mol. The summed E-state index contributed by atoms with van der Waals surface area (Å²) in [7, 11) is 0. The third kappa shape index (κ3) is 3.09. The topological polar surface area (TPSA) is 46.9 Å². The molecule has 1 aliphatic carbocycles. The lowest BCUT2D eigenvalue weighted by atomic mass is 10.1. The average molecular weight is 362 g/mol. The summed E-state index contributed by atoms with van der Waals surface area (Å²) in [5.74, 6) is 0.300. The second kappa shape index (κ2) is 6.65. The Balaban J connectivity index is 1.78. The van der Waals surface area contributed by atoms with Crippen molar-refractivity contribution >= 4 is 21.8 Å². The Morgan fingerprint density at radius 3 is 2.82 bits per heavy atom. The van der Waals surface area contributed by atoms with E-state index in [4.69, 9.17) is 0 Å². The minimum absolute atomic E-state index is 0.118. The third-order valence-corrected chi connectivity index (χ3v) is 4.81. The first-order valence-electron chi connectivity index (χ1n) is 7.76. The molecule has 0 spiro atoms. The maximum atomic E-state index is 12.0. The Morgan fingerprint density at radius 2 is 2.09 bits per heavy atom. The number of carbonyl (C=O) groups excluding carboxylic acids is 1. The Bertz CT molecular complexity index is 650. The number of amides is 1. The minimum Gasteiger partial charge on any atom is -0.356 e. The molecule has 2 atom stereocenters. The number of benzene rings is 1. The lowest BCUT2D eigenvalue weighted by molar-refractivity contribution is -0.124. The zero-order valence-corrected chi connectivity index (χ0v) is 14.2. The normalized spacial score (nSPS) is 21.0. The van der Waals surface area contributed by atoms with Crippen molar-refractivity contribution in [2.45, 2.75) is 32.2 Å². The fraction of sp³-hybridized carbons (Fsp3) is 0.412. The molecule has 0 aliphatic heterocycles. The van der Waals surface area contributed by atoms with Crippen LogP contribution in [0.25, 0.3) is 11.3 Å². The van der Waals surface area contributed by atoms with Crippen molar-refractivity contribution in [3.8, 4) is 11.3 Å². The summed E-state index contributed by atoms with van der Waals surface area (Å²) in [4.78, 5) is 12.0. The summed E-state index contributed by atoms with van der Waals surface area (Å²) < 4.78 is 3.15. The van der Waals surface area contributed by atoms with Crippen LogP contribution in [-0.2, 0) is 4.79 Å². The molecule has 22 heavy (non-hydrogen) atoms. The van der Waals surface area contributed by atoms with Gasteiger partial charge in [0, 0.05) is 23.1 Å². The van der Waals surface area contributed by atoms with Crippen molar-refractivity contribution in [3.05, 3.63) is 41.0 Å². The molecule has 116 valence electrons. The highest BCUT2D eigenvalue weighted by Crippen LogP contribution is 2.37. The first kappa shape index (κ1) is 15.3. The van der Waals surface area contributed by atoms with Gasteiger partial charge in [0.2, 0.25) is 5.91 Å². The third-order valence-electron chi connectivity index (χ3n) is 4.28. The molecule has 1 aromatic carbocycles. The summed E-state index contributed by atoms with van der Waals surface area (Å²) in [6.07, 6.45) is 4.66. The minimum atomic E-state index is 0.118. The summed E-state index contributed by atoms with van der Waals surface area (Å²) in [6, 6.07) is 10.6. The molecule has 3 rings (SSSR count). The van der Waals surface area contributed by atoms with Crippen LogP contribution in [0.15, 0.2) is 41.0 Å². The highest BCUT2D eigenvalue weighted by molar-refractivity contribution is 9.10. The summed E-state index contributed by atoms with van der Waals surface area (Å²) in [5.41, 5.74) is 2.27. The smallest absolute Gasteiger partial charge is 0.223 e. The standard InChI is InChI=1S/C17H20BrN3O/c1-2-19-17(22)13-5-8-15(11-13)21-16(9-10-20-21)12-3-6-14(18)7-4-12/h3-4,6-7,9-10,13,15H,2,5,8,11H2,1H3,(H,19,22). The second-order valence-corrected chi connectivity index (χ2v) is 6.64. The van der Waals surface area contributed by atoms with E-state index in [9.17, 15) is 4.79 Å². The van der Waals surface area contributed by atoms with E-state index >= 15 is 0 Å². The van der Waals surface area contributed by atoms with Gasteiger partial charge in [-0.25, -0.2) is 0 Å². The van der Waals surface area contributed by atoms with E-state index in [-0.39, 0.29) is 11.8 Å². The van der Waals surface area contributed by atoms with Gasteiger partial charge in [-0.15, -0.1) is 0 Å². The van der Waals surface area contributed by atoms with E-state index in [0.717, 1.165) is 35.0 Å². The van der Waals surface area contributed by atoms with Crippen LogP contribution in [0.5, 0.6) is 0 Å².